The van der Waals surface area contributed by atoms with Crippen molar-refractivity contribution in [2.24, 2.45) is 0 Å². The number of aromatic carboxylic acids is 1. The highest BCUT2D eigenvalue weighted by molar-refractivity contribution is 5.87. The lowest BCUT2D eigenvalue weighted by Gasteiger charge is -2.32. The maximum atomic E-state index is 10.9. The number of carboxylic acids is 1. The van der Waals surface area contributed by atoms with E-state index >= 15 is 0 Å². The lowest BCUT2D eigenvalue weighted by atomic mass is 10.2. The molecule has 0 amide bonds. The molecule has 1 aliphatic rings. The lowest BCUT2D eigenvalue weighted by molar-refractivity contribution is -0.0306. The third-order valence-electron chi connectivity index (χ3n) is 3.65. The number of carbonyl (C=O) groups is 1. The van der Waals surface area contributed by atoms with Gasteiger partial charge in [0.1, 0.15) is 5.75 Å². The minimum Gasteiger partial charge on any atom is -0.494 e. The molecule has 21 heavy (non-hydrogen) atoms. The second-order valence-corrected chi connectivity index (χ2v) is 5.24. The number of hydrogen-bond donors (Lipinski definition) is 1. The van der Waals surface area contributed by atoms with Crippen LogP contribution < -0.4 is 4.74 Å². The van der Waals surface area contributed by atoms with E-state index in [2.05, 4.69) is 11.8 Å². The molecule has 5 nitrogen and oxygen atoms in total. The Labute approximate surface area is 125 Å². The molecule has 1 aromatic carbocycles. The van der Waals surface area contributed by atoms with Crippen molar-refractivity contribution in [1.82, 2.24) is 4.90 Å². The largest absolute Gasteiger partial charge is 0.494 e. The van der Waals surface area contributed by atoms with Crippen molar-refractivity contribution in [1.29, 1.82) is 0 Å². The van der Waals surface area contributed by atoms with Crippen LogP contribution in [0, 0.1) is 0 Å². The number of nitrogens with zero attached hydrogens (tertiary/aromatic N) is 1. The molecule has 0 bridgehead atoms. The van der Waals surface area contributed by atoms with Crippen LogP contribution >= 0.6 is 0 Å². The van der Waals surface area contributed by atoms with E-state index in [0.717, 1.165) is 39.1 Å². The van der Waals surface area contributed by atoms with Gasteiger partial charge in [-0.15, -0.1) is 0 Å². The number of carboxylic acid groups (broad SMARTS) is 1. The fourth-order valence-corrected chi connectivity index (χ4v) is 2.43. The SMILES string of the molecule is CCC1CN(CCCOc2cccc(C(=O)O)c2)CCO1. The zero-order chi connectivity index (χ0) is 15.1. The normalized spacial score (nSPS) is 19.4. The summed E-state index contributed by atoms with van der Waals surface area (Å²) in [7, 11) is 0. The highest BCUT2D eigenvalue weighted by Gasteiger charge is 2.18. The second kappa shape index (κ2) is 8.00. The third kappa shape index (κ3) is 5.02. The molecule has 5 heteroatoms. The van der Waals surface area contributed by atoms with Gasteiger partial charge in [0.15, 0.2) is 0 Å². The van der Waals surface area contributed by atoms with Gasteiger partial charge in [0, 0.05) is 19.6 Å². The number of benzene rings is 1. The van der Waals surface area contributed by atoms with Gasteiger partial charge in [-0.25, -0.2) is 4.79 Å². The third-order valence-corrected chi connectivity index (χ3v) is 3.65. The Hall–Kier alpha value is -1.59. The van der Waals surface area contributed by atoms with Gasteiger partial charge in [0.05, 0.1) is 24.9 Å². The van der Waals surface area contributed by atoms with Crippen LogP contribution in [0.15, 0.2) is 24.3 Å². The minimum atomic E-state index is -0.931. The molecule has 0 spiro atoms. The molecule has 1 aromatic rings. The average molecular weight is 293 g/mol. The van der Waals surface area contributed by atoms with Gasteiger partial charge in [-0.1, -0.05) is 13.0 Å². The molecule has 0 aromatic heterocycles. The number of hydrogen-bond acceptors (Lipinski definition) is 4. The molecule has 1 aliphatic heterocycles. The van der Waals surface area contributed by atoms with E-state index in [-0.39, 0.29) is 5.56 Å². The summed E-state index contributed by atoms with van der Waals surface area (Å²) in [4.78, 5) is 13.3. The van der Waals surface area contributed by atoms with Crippen LogP contribution in [0.1, 0.15) is 30.1 Å². The number of rotatable bonds is 7. The van der Waals surface area contributed by atoms with E-state index in [0.29, 0.717) is 18.5 Å². The molecule has 1 heterocycles. The van der Waals surface area contributed by atoms with Crippen LogP contribution in [0.4, 0.5) is 0 Å². The first-order valence-electron chi connectivity index (χ1n) is 7.49. The molecule has 1 unspecified atom stereocenters. The highest BCUT2D eigenvalue weighted by atomic mass is 16.5. The van der Waals surface area contributed by atoms with Gasteiger partial charge >= 0.3 is 5.97 Å². The summed E-state index contributed by atoms with van der Waals surface area (Å²) in [6.07, 6.45) is 2.33. The van der Waals surface area contributed by atoms with Crippen molar-refractivity contribution in [2.45, 2.75) is 25.9 Å². The van der Waals surface area contributed by atoms with Gasteiger partial charge in [-0.2, -0.15) is 0 Å². The van der Waals surface area contributed by atoms with Gasteiger partial charge in [-0.05, 0) is 31.0 Å². The van der Waals surface area contributed by atoms with Crippen LogP contribution in [0.3, 0.4) is 0 Å². The summed E-state index contributed by atoms with van der Waals surface area (Å²) in [6, 6.07) is 6.61. The van der Waals surface area contributed by atoms with E-state index in [9.17, 15) is 4.79 Å². The van der Waals surface area contributed by atoms with E-state index in [4.69, 9.17) is 14.6 Å². The van der Waals surface area contributed by atoms with Gasteiger partial charge in [0.2, 0.25) is 0 Å². The Kier molecular flexibility index (Phi) is 6.02. The topological polar surface area (TPSA) is 59.0 Å². The lowest BCUT2D eigenvalue weighted by Crippen LogP contribution is -2.42. The molecule has 2 rings (SSSR count). The Morgan fingerprint density at radius 1 is 1.52 bits per heavy atom. The van der Waals surface area contributed by atoms with E-state index in [1.165, 1.54) is 0 Å². The Balaban J connectivity index is 1.70. The molecule has 0 aliphatic carbocycles. The van der Waals surface area contributed by atoms with Crippen molar-refractivity contribution >= 4 is 5.97 Å². The maximum Gasteiger partial charge on any atom is 0.335 e. The van der Waals surface area contributed by atoms with E-state index in [1.54, 1.807) is 24.3 Å². The molecule has 1 atom stereocenters. The van der Waals surface area contributed by atoms with Crippen molar-refractivity contribution < 1.29 is 19.4 Å². The van der Waals surface area contributed by atoms with Crippen molar-refractivity contribution in [3.05, 3.63) is 29.8 Å². The Bertz CT molecular complexity index is 463. The summed E-state index contributed by atoms with van der Waals surface area (Å²) >= 11 is 0. The van der Waals surface area contributed by atoms with E-state index < -0.39 is 5.97 Å². The summed E-state index contributed by atoms with van der Waals surface area (Å²) in [5, 5.41) is 8.93. The van der Waals surface area contributed by atoms with Gasteiger partial charge in [0.25, 0.3) is 0 Å². The predicted molar refractivity (Wildman–Crippen MR) is 80.0 cm³/mol. The molecular weight excluding hydrogens is 270 g/mol. The molecule has 1 saturated heterocycles. The van der Waals surface area contributed by atoms with Crippen LogP contribution in [0.2, 0.25) is 0 Å². The Morgan fingerprint density at radius 2 is 2.38 bits per heavy atom. The van der Waals surface area contributed by atoms with Crippen molar-refractivity contribution in [3.8, 4) is 5.75 Å². The molecule has 1 fully saturated rings. The number of morpholine rings is 1. The van der Waals surface area contributed by atoms with Crippen molar-refractivity contribution in [3.63, 3.8) is 0 Å². The van der Waals surface area contributed by atoms with E-state index in [1.807, 2.05) is 0 Å². The molecule has 1 N–H and O–H groups in total. The summed E-state index contributed by atoms with van der Waals surface area (Å²) < 4.78 is 11.3. The van der Waals surface area contributed by atoms with Gasteiger partial charge in [-0.3, -0.25) is 4.90 Å². The number of ether oxygens (including phenoxy) is 2. The monoisotopic (exact) mass is 293 g/mol. The smallest absolute Gasteiger partial charge is 0.335 e. The zero-order valence-electron chi connectivity index (χ0n) is 12.5. The van der Waals surface area contributed by atoms with Crippen LogP contribution in [-0.2, 0) is 4.74 Å². The fourth-order valence-electron chi connectivity index (χ4n) is 2.43. The van der Waals surface area contributed by atoms with Gasteiger partial charge < -0.3 is 14.6 Å². The molecular formula is C16H23NO4. The standard InChI is InChI=1S/C16H23NO4/c1-2-14-12-17(8-10-21-14)7-4-9-20-15-6-3-5-13(11-15)16(18)19/h3,5-6,11,14H,2,4,7-10,12H2,1H3,(H,18,19). The van der Waals surface area contributed by atoms with Crippen LogP contribution in [-0.4, -0.2) is 54.9 Å². The van der Waals surface area contributed by atoms with Crippen LogP contribution in [0.25, 0.3) is 0 Å². The highest BCUT2D eigenvalue weighted by Crippen LogP contribution is 2.14. The second-order valence-electron chi connectivity index (χ2n) is 5.24. The molecule has 0 radical (unpaired) electrons. The molecule has 0 saturated carbocycles. The van der Waals surface area contributed by atoms with Crippen molar-refractivity contribution in [2.75, 3.05) is 32.8 Å². The summed E-state index contributed by atoms with van der Waals surface area (Å²) in [6.45, 7) is 6.50. The first-order chi connectivity index (χ1) is 10.2. The fraction of sp³-hybridized carbons (Fsp3) is 0.562. The zero-order valence-corrected chi connectivity index (χ0v) is 12.5. The average Bonchev–Trinajstić information content (AvgIpc) is 2.52. The predicted octanol–water partition coefficient (Wildman–Crippen LogP) is 2.26. The minimum absolute atomic E-state index is 0.256. The van der Waals surface area contributed by atoms with Crippen LogP contribution in [0.5, 0.6) is 5.75 Å². The maximum absolute atomic E-state index is 10.9. The summed E-state index contributed by atoms with van der Waals surface area (Å²) in [5.41, 5.74) is 0.256. The summed E-state index contributed by atoms with van der Waals surface area (Å²) in [5.74, 6) is -0.317. The molecule has 116 valence electrons. The Morgan fingerprint density at radius 3 is 3.14 bits per heavy atom. The quantitative estimate of drug-likeness (QED) is 0.781. The first-order valence-corrected chi connectivity index (χ1v) is 7.49. The first kappa shape index (κ1) is 15.8.